The highest BCUT2D eigenvalue weighted by atomic mass is 16.7. The Labute approximate surface area is 203 Å². The van der Waals surface area contributed by atoms with Crippen molar-refractivity contribution >= 4 is 16.9 Å². The molecule has 1 saturated heterocycles. The maximum atomic E-state index is 12.1. The Morgan fingerprint density at radius 1 is 1.06 bits per heavy atom. The van der Waals surface area contributed by atoms with Gasteiger partial charge >= 0.3 is 5.97 Å². The number of ether oxygens (including phenoxy) is 4. The first kappa shape index (κ1) is 25.7. The van der Waals surface area contributed by atoms with Gasteiger partial charge in [0.1, 0.15) is 24.4 Å². The molecule has 1 saturated carbocycles. The monoisotopic (exact) mass is 494 g/mol. The number of rotatable bonds is 9. The van der Waals surface area contributed by atoms with Crippen molar-refractivity contribution in [3.05, 3.63) is 24.0 Å². The van der Waals surface area contributed by atoms with E-state index >= 15 is 0 Å². The van der Waals surface area contributed by atoms with Crippen molar-refractivity contribution in [3.8, 4) is 11.5 Å². The van der Waals surface area contributed by atoms with Gasteiger partial charge in [-0.2, -0.15) is 0 Å². The number of furan rings is 1. The molecule has 2 aliphatic rings. The third-order valence-corrected chi connectivity index (χ3v) is 6.55. The Balaban J connectivity index is 1.71. The number of hydrogen-bond donors (Lipinski definition) is 4. The lowest BCUT2D eigenvalue weighted by molar-refractivity contribution is -0.277. The van der Waals surface area contributed by atoms with Gasteiger partial charge in [-0.1, -0.05) is 6.42 Å². The summed E-state index contributed by atoms with van der Waals surface area (Å²) in [4.78, 5) is 12.1. The summed E-state index contributed by atoms with van der Waals surface area (Å²) in [5.74, 6) is 0.176. The molecule has 1 aromatic heterocycles. The van der Waals surface area contributed by atoms with Crippen LogP contribution >= 0.6 is 0 Å². The van der Waals surface area contributed by atoms with Crippen LogP contribution in [0.15, 0.2) is 22.8 Å². The number of esters is 1. The fourth-order valence-electron chi connectivity index (χ4n) is 4.64. The molecular formula is C25H34O10. The second-order valence-electron chi connectivity index (χ2n) is 9.03. The molecule has 0 amide bonds. The highest BCUT2D eigenvalue weighted by Crippen LogP contribution is 2.43. The molecule has 5 atom stereocenters. The number of aryl methyl sites for hydroxylation is 1. The van der Waals surface area contributed by atoms with E-state index in [0.29, 0.717) is 16.9 Å². The van der Waals surface area contributed by atoms with E-state index in [2.05, 4.69) is 0 Å². The minimum Gasteiger partial charge on any atom is -0.483 e. The Kier molecular flexibility index (Phi) is 8.51. The van der Waals surface area contributed by atoms with Crippen LogP contribution in [0.3, 0.4) is 0 Å². The number of aliphatic hydroxyl groups excluding tert-OH is 4. The second-order valence-corrected chi connectivity index (χ2v) is 9.03. The summed E-state index contributed by atoms with van der Waals surface area (Å²) in [5, 5.41) is 41.3. The summed E-state index contributed by atoms with van der Waals surface area (Å²) in [6.45, 7) is 1.42. The van der Waals surface area contributed by atoms with E-state index in [0.717, 1.165) is 37.5 Å². The molecule has 10 heteroatoms. The Hall–Kier alpha value is -2.37. The average Bonchev–Trinajstić information content (AvgIpc) is 3.33. The van der Waals surface area contributed by atoms with Crippen LogP contribution in [0.5, 0.6) is 11.5 Å². The zero-order valence-corrected chi connectivity index (χ0v) is 19.8. The maximum Gasteiger partial charge on any atom is 0.306 e. The summed E-state index contributed by atoms with van der Waals surface area (Å²) < 4.78 is 28.9. The zero-order chi connectivity index (χ0) is 24.9. The number of carbonyl (C=O) groups is 1. The van der Waals surface area contributed by atoms with Crippen LogP contribution in [-0.2, 0) is 20.7 Å². The minimum atomic E-state index is -1.60. The molecule has 4 rings (SSSR count). The normalized spacial score (nSPS) is 27.6. The summed E-state index contributed by atoms with van der Waals surface area (Å²) in [5.41, 5.74) is 1.06. The third kappa shape index (κ3) is 5.73. The molecule has 0 unspecified atom stereocenters. The van der Waals surface area contributed by atoms with Crippen molar-refractivity contribution in [1.82, 2.24) is 0 Å². The van der Waals surface area contributed by atoms with Gasteiger partial charge in [-0.15, -0.1) is 0 Å². The minimum absolute atomic E-state index is 0.0606. The quantitative estimate of drug-likeness (QED) is 0.380. The number of hydrogen-bond acceptors (Lipinski definition) is 10. The maximum absolute atomic E-state index is 12.1. The Morgan fingerprint density at radius 2 is 1.83 bits per heavy atom. The number of fused-ring (bicyclic) bond motifs is 1. The van der Waals surface area contributed by atoms with E-state index < -0.39 is 37.3 Å². The van der Waals surface area contributed by atoms with Gasteiger partial charge in [0.15, 0.2) is 11.3 Å². The van der Waals surface area contributed by atoms with E-state index in [1.807, 2.05) is 6.07 Å². The lowest BCUT2D eigenvalue weighted by Gasteiger charge is -2.40. The van der Waals surface area contributed by atoms with Crippen LogP contribution in [0.4, 0.5) is 0 Å². The van der Waals surface area contributed by atoms with Crippen molar-refractivity contribution in [2.75, 3.05) is 13.2 Å². The van der Waals surface area contributed by atoms with Crippen LogP contribution in [0.25, 0.3) is 11.0 Å². The van der Waals surface area contributed by atoms with Gasteiger partial charge in [-0.05, 0) is 56.7 Å². The van der Waals surface area contributed by atoms with Gasteiger partial charge in [-0.3, -0.25) is 4.79 Å². The fraction of sp³-hybridized carbons (Fsp3) is 0.640. The van der Waals surface area contributed by atoms with Crippen LogP contribution in [-0.4, -0.2) is 76.4 Å². The first-order valence-electron chi connectivity index (χ1n) is 12.3. The SMILES string of the molecule is CCOC(=O)CCc1cc2ccoc2c(OC2CCCCC2)c1O[C@@H]1O[C@H](CO)[C@@H](O)[C@H](O)[C@H]1O. The molecule has 4 N–H and O–H groups in total. The second kappa shape index (κ2) is 11.6. The average molecular weight is 495 g/mol. The first-order valence-corrected chi connectivity index (χ1v) is 12.3. The van der Waals surface area contributed by atoms with Crippen molar-refractivity contribution in [3.63, 3.8) is 0 Å². The van der Waals surface area contributed by atoms with Gasteiger partial charge < -0.3 is 43.8 Å². The standard InChI is InChI=1S/C25H34O10/c1-2-31-18(27)9-8-14-12-15-10-11-32-22(15)24(33-16-6-4-3-5-7-16)23(14)35-25-21(30)20(29)19(28)17(13-26)34-25/h10-12,16-17,19-21,25-26,28-30H,2-9,13H2,1H3/t17-,19-,20+,21-,25+/m1/s1. The highest BCUT2D eigenvalue weighted by molar-refractivity contribution is 5.87. The van der Waals surface area contributed by atoms with E-state index in [4.69, 9.17) is 23.4 Å². The molecule has 2 aromatic rings. The van der Waals surface area contributed by atoms with Gasteiger partial charge in [0.2, 0.25) is 12.0 Å². The van der Waals surface area contributed by atoms with Gasteiger partial charge in [0, 0.05) is 11.8 Å². The smallest absolute Gasteiger partial charge is 0.306 e. The number of carbonyl (C=O) groups excluding carboxylic acids is 1. The van der Waals surface area contributed by atoms with Crippen molar-refractivity contribution in [1.29, 1.82) is 0 Å². The topological polar surface area (TPSA) is 148 Å². The summed E-state index contributed by atoms with van der Waals surface area (Å²) in [6, 6.07) is 3.60. The molecule has 0 spiro atoms. The molecule has 2 heterocycles. The largest absolute Gasteiger partial charge is 0.483 e. The molecule has 194 valence electrons. The molecule has 1 aliphatic carbocycles. The van der Waals surface area contributed by atoms with Gasteiger partial charge in [-0.25, -0.2) is 0 Å². The van der Waals surface area contributed by atoms with Crippen LogP contribution in [0.1, 0.15) is 51.0 Å². The summed E-state index contributed by atoms with van der Waals surface area (Å²) in [7, 11) is 0. The third-order valence-electron chi connectivity index (χ3n) is 6.55. The molecule has 0 radical (unpaired) electrons. The van der Waals surface area contributed by atoms with E-state index in [1.165, 1.54) is 6.26 Å². The number of aliphatic hydroxyl groups is 4. The summed E-state index contributed by atoms with van der Waals surface area (Å²) in [6.07, 6.45) is -0.460. The lowest BCUT2D eigenvalue weighted by atomic mass is 9.97. The molecule has 10 nitrogen and oxygen atoms in total. The van der Waals surface area contributed by atoms with Crippen LogP contribution in [0, 0.1) is 0 Å². The lowest BCUT2D eigenvalue weighted by Crippen LogP contribution is -2.60. The molecule has 35 heavy (non-hydrogen) atoms. The predicted molar refractivity (Wildman–Crippen MR) is 123 cm³/mol. The van der Waals surface area contributed by atoms with Crippen LogP contribution < -0.4 is 9.47 Å². The Morgan fingerprint density at radius 3 is 2.54 bits per heavy atom. The first-order chi connectivity index (χ1) is 16.9. The molecule has 2 fully saturated rings. The highest BCUT2D eigenvalue weighted by Gasteiger charge is 2.45. The zero-order valence-electron chi connectivity index (χ0n) is 19.8. The molecule has 1 aromatic carbocycles. The van der Waals surface area contributed by atoms with E-state index in [-0.39, 0.29) is 37.3 Å². The summed E-state index contributed by atoms with van der Waals surface area (Å²) >= 11 is 0. The van der Waals surface area contributed by atoms with Gasteiger partial charge in [0.05, 0.1) is 25.6 Å². The van der Waals surface area contributed by atoms with E-state index in [1.54, 1.807) is 13.0 Å². The Bertz CT molecular complexity index is 980. The predicted octanol–water partition coefficient (Wildman–Crippen LogP) is 1.82. The van der Waals surface area contributed by atoms with Crippen molar-refractivity contribution in [2.45, 2.75) is 88.7 Å². The number of benzene rings is 1. The van der Waals surface area contributed by atoms with Crippen molar-refractivity contribution < 1.29 is 48.6 Å². The van der Waals surface area contributed by atoms with Gasteiger partial charge in [0.25, 0.3) is 0 Å². The van der Waals surface area contributed by atoms with Crippen LogP contribution in [0.2, 0.25) is 0 Å². The van der Waals surface area contributed by atoms with Crippen molar-refractivity contribution in [2.24, 2.45) is 0 Å². The fourth-order valence-corrected chi connectivity index (χ4v) is 4.64. The molecular weight excluding hydrogens is 460 g/mol. The molecule has 1 aliphatic heterocycles. The van der Waals surface area contributed by atoms with E-state index in [9.17, 15) is 25.2 Å². The molecule has 0 bridgehead atoms.